The summed E-state index contributed by atoms with van der Waals surface area (Å²) in [6, 6.07) is 0. The molecule has 0 aromatic rings. The summed E-state index contributed by atoms with van der Waals surface area (Å²) < 4.78 is 0. The molecule has 60 valence electrons. The Labute approximate surface area is 70.7 Å². The highest BCUT2D eigenvalue weighted by atomic mass is 33.1. The molecule has 0 saturated heterocycles. The normalized spacial score (nSPS) is 13.1. The van der Waals surface area contributed by atoms with Gasteiger partial charge in [0, 0.05) is 11.7 Å². The van der Waals surface area contributed by atoms with Crippen molar-refractivity contribution in [1.82, 2.24) is 0 Å². The predicted molar refractivity (Wildman–Crippen MR) is 50.5 cm³/mol. The molecule has 0 aliphatic rings. The molecule has 0 spiro atoms. The van der Waals surface area contributed by atoms with Crippen LogP contribution in [0.15, 0.2) is 0 Å². The van der Waals surface area contributed by atoms with Crippen LogP contribution in [0.25, 0.3) is 0 Å². The van der Waals surface area contributed by atoms with E-state index in [9.17, 15) is 4.79 Å². The molecule has 1 nitrogen and oxygen atoms in total. The predicted octanol–water partition coefficient (Wildman–Crippen LogP) is 2.76. The average molecular weight is 178 g/mol. The van der Waals surface area contributed by atoms with Gasteiger partial charge >= 0.3 is 0 Å². The van der Waals surface area contributed by atoms with Crippen molar-refractivity contribution in [3.63, 3.8) is 0 Å². The first-order valence-electron chi connectivity index (χ1n) is 3.35. The summed E-state index contributed by atoms with van der Waals surface area (Å²) in [5.41, 5.74) is 0. The van der Waals surface area contributed by atoms with E-state index < -0.39 is 0 Å². The topological polar surface area (TPSA) is 17.1 Å². The first-order valence-corrected chi connectivity index (χ1v) is 5.98. The van der Waals surface area contributed by atoms with Crippen LogP contribution in [0.1, 0.15) is 26.7 Å². The molecule has 0 heterocycles. The fourth-order valence-electron chi connectivity index (χ4n) is 0.619. The molecule has 0 bridgehead atoms. The molecule has 0 aliphatic carbocycles. The van der Waals surface area contributed by atoms with E-state index in [2.05, 4.69) is 13.2 Å². The molecular formula is C7H14OS2. The van der Waals surface area contributed by atoms with Gasteiger partial charge in [0.25, 0.3) is 0 Å². The van der Waals surface area contributed by atoms with Crippen LogP contribution in [0, 0.1) is 0 Å². The van der Waals surface area contributed by atoms with Gasteiger partial charge in [0.2, 0.25) is 0 Å². The molecule has 1 unspecified atom stereocenters. The lowest BCUT2D eigenvalue weighted by molar-refractivity contribution is -0.117. The van der Waals surface area contributed by atoms with Crippen molar-refractivity contribution in [1.29, 1.82) is 0 Å². The van der Waals surface area contributed by atoms with Crippen LogP contribution >= 0.6 is 21.6 Å². The molecule has 0 radical (unpaired) electrons. The highest BCUT2D eigenvalue weighted by Gasteiger charge is 2.02. The van der Waals surface area contributed by atoms with E-state index in [0.717, 1.165) is 12.8 Å². The monoisotopic (exact) mass is 178 g/mol. The van der Waals surface area contributed by atoms with E-state index in [1.54, 1.807) is 17.7 Å². The Hall–Kier alpha value is 0.370. The second kappa shape index (κ2) is 6.10. The largest absolute Gasteiger partial charge is 0.300 e. The summed E-state index contributed by atoms with van der Waals surface area (Å²) in [5, 5.41) is 0.610. The van der Waals surface area contributed by atoms with Gasteiger partial charge in [0.1, 0.15) is 5.78 Å². The fourth-order valence-corrected chi connectivity index (χ4v) is 2.44. The maximum Gasteiger partial charge on any atom is 0.129 e. The molecule has 0 N–H and O–H groups in total. The van der Waals surface area contributed by atoms with Crippen molar-refractivity contribution in [2.24, 2.45) is 0 Å². The van der Waals surface area contributed by atoms with Crippen molar-refractivity contribution in [3.05, 3.63) is 0 Å². The molecular weight excluding hydrogens is 164 g/mol. The second-order valence-electron chi connectivity index (χ2n) is 2.31. The SMILES string of the molecule is CSSC(C)CCC(C)=O. The molecule has 3 heteroatoms. The van der Waals surface area contributed by atoms with Gasteiger partial charge in [-0.15, -0.1) is 0 Å². The quantitative estimate of drug-likeness (QED) is 0.603. The molecule has 1 atom stereocenters. The Balaban J connectivity index is 3.21. The van der Waals surface area contributed by atoms with Gasteiger partial charge in [0.05, 0.1) is 0 Å². The summed E-state index contributed by atoms with van der Waals surface area (Å²) >= 11 is 0. The zero-order chi connectivity index (χ0) is 7.98. The van der Waals surface area contributed by atoms with Gasteiger partial charge in [-0.25, -0.2) is 0 Å². The highest BCUT2D eigenvalue weighted by molar-refractivity contribution is 8.76. The second-order valence-corrected chi connectivity index (χ2v) is 5.22. The Morgan fingerprint density at radius 1 is 1.60 bits per heavy atom. The fraction of sp³-hybridized carbons (Fsp3) is 0.857. The van der Waals surface area contributed by atoms with Gasteiger partial charge in [-0.1, -0.05) is 28.5 Å². The highest BCUT2D eigenvalue weighted by Crippen LogP contribution is 2.26. The molecule has 0 amide bonds. The maximum absolute atomic E-state index is 10.5. The first kappa shape index (κ1) is 10.4. The standard InChI is InChI=1S/C7H14OS2/c1-6(8)4-5-7(2)10-9-3/h7H,4-5H2,1-3H3. The summed E-state index contributed by atoms with van der Waals surface area (Å²) in [6.45, 7) is 3.81. The molecule has 0 fully saturated rings. The number of carbonyl (C=O) groups is 1. The maximum atomic E-state index is 10.5. The van der Waals surface area contributed by atoms with Crippen molar-refractivity contribution in [2.45, 2.75) is 31.9 Å². The summed E-state index contributed by atoms with van der Waals surface area (Å²) in [5.74, 6) is 0.300. The van der Waals surface area contributed by atoms with E-state index in [1.165, 1.54) is 0 Å². The summed E-state index contributed by atoms with van der Waals surface area (Å²) in [7, 11) is 3.60. The number of hydrogen-bond acceptors (Lipinski definition) is 3. The van der Waals surface area contributed by atoms with E-state index in [1.807, 2.05) is 10.8 Å². The molecule has 0 aromatic heterocycles. The van der Waals surface area contributed by atoms with Gasteiger partial charge in [0.15, 0.2) is 0 Å². The van der Waals surface area contributed by atoms with Crippen LogP contribution in [-0.2, 0) is 4.79 Å². The molecule has 0 aromatic carbocycles. The van der Waals surface area contributed by atoms with E-state index in [0.29, 0.717) is 11.0 Å². The molecule has 0 aliphatic heterocycles. The van der Waals surface area contributed by atoms with Crippen LogP contribution in [-0.4, -0.2) is 17.3 Å². The Morgan fingerprint density at radius 2 is 2.20 bits per heavy atom. The van der Waals surface area contributed by atoms with E-state index in [-0.39, 0.29) is 0 Å². The van der Waals surface area contributed by atoms with Gasteiger partial charge in [-0.05, 0) is 19.6 Å². The van der Waals surface area contributed by atoms with Crippen molar-refractivity contribution in [2.75, 3.05) is 6.26 Å². The molecule has 10 heavy (non-hydrogen) atoms. The zero-order valence-corrected chi connectivity index (χ0v) is 8.35. The van der Waals surface area contributed by atoms with Crippen molar-refractivity contribution < 1.29 is 4.79 Å². The number of Topliss-reactive ketones (excluding diaryl/α,β-unsaturated/α-hetero) is 1. The number of hydrogen-bond donors (Lipinski definition) is 0. The molecule has 0 saturated carbocycles. The van der Waals surface area contributed by atoms with Crippen molar-refractivity contribution in [3.8, 4) is 0 Å². The third kappa shape index (κ3) is 6.49. The lowest BCUT2D eigenvalue weighted by atomic mass is 10.2. The summed E-state index contributed by atoms with van der Waals surface area (Å²) in [6.07, 6.45) is 3.81. The van der Waals surface area contributed by atoms with Crippen LogP contribution in [0.5, 0.6) is 0 Å². The Morgan fingerprint density at radius 3 is 2.60 bits per heavy atom. The van der Waals surface area contributed by atoms with Crippen LogP contribution < -0.4 is 0 Å². The minimum absolute atomic E-state index is 0.300. The van der Waals surface area contributed by atoms with Crippen LogP contribution in [0.3, 0.4) is 0 Å². The lowest BCUT2D eigenvalue weighted by Crippen LogP contribution is -1.98. The third-order valence-electron chi connectivity index (χ3n) is 1.16. The Kier molecular flexibility index (Phi) is 6.33. The van der Waals surface area contributed by atoms with Crippen LogP contribution in [0.4, 0.5) is 0 Å². The minimum Gasteiger partial charge on any atom is -0.300 e. The third-order valence-corrected chi connectivity index (χ3v) is 3.48. The van der Waals surface area contributed by atoms with E-state index in [4.69, 9.17) is 0 Å². The number of rotatable bonds is 5. The molecule has 0 rings (SSSR count). The Bertz CT molecular complexity index is 104. The minimum atomic E-state index is 0.300. The first-order chi connectivity index (χ1) is 4.66. The van der Waals surface area contributed by atoms with Gasteiger partial charge in [-0.3, -0.25) is 0 Å². The van der Waals surface area contributed by atoms with Crippen molar-refractivity contribution >= 4 is 27.4 Å². The number of ketones is 1. The van der Waals surface area contributed by atoms with E-state index >= 15 is 0 Å². The smallest absolute Gasteiger partial charge is 0.129 e. The zero-order valence-electron chi connectivity index (χ0n) is 6.72. The van der Waals surface area contributed by atoms with Gasteiger partial charge < -0.3 is 4.79 Å². The summed E-state index contributed by atoms with van der Waals surface area (Å²) in [4.78, 5) is 10.5. The number of carbonyl (C=O) groups excluding carboxylic acids is 1. The average Bonchev–Trinajstić information content (AvgIpc) is 1.85. The lowest BCUT2D eigenvalue weighted by Gasteiger charge is -2.05. The van der Waals surface area contributed by atoms with Gasteiger partial charge in [-0.2, -0.15) is 0 Å². The van der Waals surface area contributed by atoms with Crippen LogP contribution in [0.2, 0.25) is 0 Å².